The van der Waals surface area contributed by atoms with Crippen LogP contribution in [0.5, 0.6) is 11.5 Å². The van der Waals surface area contributed by atoms with Gasteiger partial charge in [-0.15, -0.1) is 11.3 Å². The molecular weight excluding hydrogens is 372 g/mol. The van der Waals surface area contributed by atoms with E-state index in [1.54, 1.807) is 30.8 Å². The van der Waals surface area contributed by atoms with Gasteiger partial charge in [0.2, 0.25) is 0 Å². The van der Waals surface area contributed by atoms with Gasteiger partial charge in [0, 0.05) is 16.6 Å². The third kappa shape index (κ3) is 4.51. The van der Waals surface area contributed by atoms with Gasteiger partial charge in [0.1, 0.15) is 6.61 Å². The molecule has 1 heterocycles. The number of rotatable bonds is 7. The minimum atomic E-state index is -0.180. The van der Waals surface area contributed by atoms with Crippen LogP contribution in [0, 0.1) is 6.92 Å². The number of methoxy groups -OCH3 is 1. The van der Waals surface area contributed by atoms with Crippen molar-refractivity contribution >= 4 is 22.9 Å². The second-order valence-electron chi connectivity index (χ2n) is 6.78. The standard InChI is InChI=1S/C22H24N2O3S/c1-14(2)18-7-5-6-15(3)21(18)24-22(25)16-8-9-19(20(10-16)26-4)27-11-17-12-28-13-23-17/h5-10,12-14H,11H2,1-4H3,(H,24,25). The smallest absolute Gasteiger partial charge is 0.255 e. The summed E-state index contributed by atoms with van der Waals surface area (Å²) in [6.45, 7) is 6.58. The van der Waals surface area contributed by atoms with Crippen molar-refractivity contribution in [3.05, 3.63) is 69.7 Å². The topological polar surface area (TPSA) is 60.5 Å². The molecule has 3 rings (SSSR count). The number of aromatic nitrogens is 1. The third-order valence-corrected chi connectivity index (χ3v) is 5.09. The maximum atomic E-state index is 12.8. The van der Waals surface area contributed by atoms with Crippen LogP contribution >= 0.6 is 11.3 Å². The van der Waals surface area contributed by atoms with E-state index in [0.717, 1.165) is 22.5 Å². The van der Waals surface area contributed by atoms with E-state index in [0.29, 0.717) is 29.6 Å². The Balaban J connectivity index is 1.79. The van der Waals surface area contributed by atoms with Crippen molar-refractivity contribution in [3.8, 4) is 11.5 Å². The van der Waals surface area contributed by atoms with Gasteiger partial charge in [-0.25, -0.2) is 4.98 Å². The van der Waals surface area contributed by atoms with E-state index < -0.39 is 0 Å². The van der Waals surface area contributed by atoms with Crippen molar-refractivity contribution in [3.63, 3.8) is 0 Å². The van der Waals surface area contributed by atoms with E-state index in [9.17, 15) is 4.79 Å². The van der Waals surface area contributed by atoms with Gasteiger partial charge in [-0.2, -0.15) is 0 Å². The van der Waals surface area contributed by atoms with E-state index in [1.165, 1.54) is 11.3 Å². The predicted octanol–water partition coefficient (Wildman–Crippen LogP) is 5.41. The quantitative estimate of drug-likeness (QED) is 0.580. The number of anilines is 1. The van der Waals surface area contributed by atoms with Gasteiger partial charge in [0.25, 0.3) is 5.91 Å². The lowest BCUT2D eigenvalue weighted by atomic mass is 9.98. The van der Waals surface area contributed by atoms with Crippen molar-refractivity contribution in [1.29, 1.82) is 0 Å². The molecule has 1 amide bonds. The van der Waals surface area contributed by atoms with Gasteiger partial charge in [0.15, 0.2) is 11.5 Å². The molecule has 6 heteroatoms. The van der Waals surface area contributed by atoms with Gasteiger partial charge in [-0.05, 0) is 42.2 Å². The summed E-state index contributed by atoms with van der Waals surface area (Å²) in [5.41, 5.74) is 6.15. The molecule has 0 unspecified atom stereocenters. The second kappa shape index (κ2) is 8.89. The number of hydrogen-bond donors (Lipinski definition) is 1. The van der Waals surface area contributed by atoms with E-state index in [1.807, 2.05) is 30.5 Å². The van der Waals surface area contributed by atoms with Gasteiger partial charge >= 0.3 is 0 Å². The average Bonchev–Trinajstić information content (AvgIpc) is 3.21. The fourth-order valence-corrected chi connectivity index (χ4v) is 3.46. The summed E-state index contributed by atoms with van der Waals surface area (Å²) >= 11 is 1.52. The molecule has 0 aliphatic carbocycles. The summed E-state index contributed by atoms with van der Waals surface area (Å²) < 4.78 is 11.2. The zero-order valence-electron chi connectivity index (χ0n) is 16.5. The number of nitrogens with one attached hydrogen (secondary N) is 1. The average molecular weight is 397 g/mol. The van der Waals surface area contributed by atoms with Crippen LogP contribution in [0.15, 0.2) is 47.3 Å². The van der Waals surface area contributed by atoms with E-state index >= 15 is 0 Å². The van der Waals surface area contributed by atoms with Crippen molar-refractivity contribution in [2.24, 2.45) is 0 Å². The molecular formula is C22H24N2O3S. The first-order valence-electron chi connectivity index (χ1n) is 9.08. The summed E-state index contributed by atoms with van der Waals surface area (Å²) in [5, 5.41) is 4.99. The summed E-state index contributed by atoms with van der Waals surface area (Å²) in [7, 11) is 1.56. The minimum absolute atomic E-state index is 0.180. The van der Waals surface area contributed by atoms with Gasteiger partial charge < -0.3 is 14.8 Å². The number of benzene rings is 2. The lowest BCUT2D eigenvalue weighted by molar-refractivity contribution is 0.102. The van der Waals surface area contributed by atoms with Crippen molar-refractivity contribution in [2.75, 3.05) is 12.4 Å². The number of carbonyl (C=O) groups excluding carboxylic acids is 1. The maximum Gasteiger partial charge on any atom is 0.255 e. The van der Waals surface area contributed by atoms with Crippen LogP contribution in [0.2, 0.25) is 0 Å². The number of aryl methyl sites for hydroxylation is 1. The lowest BCUT2D eigenvalue weighted by Crippen LogP contribution is -2.15. The third-order valence-electron chi connectivity index (χ3n) is 4.45. The zero-order valence-corrected chi connectivity index (χ0v) is 17.3. The molecule has 0 aliphatic heterocycles. The second-order valence-corrected chi connectivity index (χ2v) is 7.50. The highest BCUT2D eigenvalue weighted by molar-refractivity contribution is 7.07. The number of hydrogen-bond acceptors (Lipinski definition) is 5. The van der Waals surface area contributed by atoms with E-state index in [4.69, 9.17) is 9.47 Å². The van der Waals surface area contributed by atoms with Crippen LogP contribution in [0.4, 0.5) is 5.69 Å². The number of carbonyl (C=O) groups is 1. The first kappa shape index (κ1) is 19.9. The van der Waals surface area contributed by atoms with Crippen LogP contribution in [-0.4, -0.2) is 18.0 Å². The Morgan fingerprint density at radius 3 is 2.71 bits per heavy atom. The van der Waals surface area contributed by atoms with E-state index in [-0.39, 0.29) is 5.91 Å². The number of para-hydroxylation sites is 1. The van der Waals surface area contributed by atoms with Crippen molar-refractivity contribution in [2.45, 2.75) is 33.3 Å². The Labute approximate surface area is 169 Å². The van der Waals surface area contributed by atoms with Gasteiger partial charge in [0.05, 0.1) is 18.3 Å². The molecule has 0 radical (unpaired) electrons. The summed E-state index contributed by atoms with van der Waals surface area (Å²) in [5.74, 6) is 1.22. The SMILES string of the molecule is COc1cc(C(=O)Nc2c(C)cccc2C(C)C)ccc1OCc1cscn1. The number of ether oxygens (including phenoxy) is 2. The Bertz CT molecular complexity index is 952. The first-order valence-corrected chi connectivity index (χ1v) is 10.0. The maximum absolute atomic E-state index is 12.8. The monoisotopic (exact) mass is 396 g/mol. The van der Waals surface area contributed by atoms with Crippen molar-refractivity contribution in [1.82, 2.24) is 4.98 Å². The number of amides is 1. The summed E-state index contributed by atoms with van der Waals surface area (Å²) in [4.78, 5) is 17.0. The van der Waals surface area contributed by atoms with Crippen LogP contribution in [0.3, 0.4) is 0 Å². The molecule has 0 saturated heterocycles. The molecule has 0 saturated carbocycles. The van der Waals surface area contributed by atoms with Gasteiger partial charge in [-0.3, -0.25) is 4.79 Å². The van der Waals surface area contributed by atoms with Crippen LogP contribution < -0.4 is 14.8 Å². The molecule has 28 heavy (non-hydrogen) atoms. The molecule has 1 N–H and O–H groups in total. The van der Waals surface area contributed by atoms with Crippen LogP contribution in [0.1, 0.15) is 46.9 Å². The molecule has 0 atom stereocenters. The van der Waals surface area contributed by atoms with Gasteiger partial charge in [-0.1, -0.05) is 32.0 Å². The molecule has 0 fully saturated rings. The Kier molecular flexibility index (Phi) is 6.31. The fourth-order valence-electron chi connectivity index (χ4n) is 2.92. The fraction of sp³-hybridized carbons (Fsp3) is 0.273. The molecule has 3 aromatic rings. The summed E-state index contributed by atoms with van der Waals surface area (Å²) in [6.07, 6.45) is 0. The summed E-state index contributed by atoms with van der Waals surface area (Å²) in [6, 6.07) is 11.2. The Morgan fingerprint density at radius 1 is 1.21 bits per heavy atom. The molecule has 146 valence electrons. The molecule has 0 spiro atoms. The minimum Gasteiger partial charge on any atom is -0.493 e. The lowest BCUT2D eigenvalue weighted by Gasteiger charge is -2.17. The first-order chi connectivity index (χ1) is 13.5. The van der Waals surface area contributed by atoms with Crippen LogP contribution in [0.25, 0.3) is 0 Å². The molecule has 1 aromatic heterocycles. The zero-order chi connectivity index (χ0) is 20.1. The highest BCUT2D eigenvalue weighted by atomic mass is 32.1. The number of nitrogens with zero attached hydrogens (tertiary/aromatic N) is 1. The molecule has 5 nitrogen and oxygen atoms in total. The molecule has 0 bridgehead atoms. The van der Waals surface area contributed by atoms with Crippen LogP contribution in [-0.2, 0) is 6.61 Å². The number of thiazole rings is 1. The predicted molar refractivity (Wildman–Crippen MR) is 113 cm³/mol. The molecule has 0 aliphatic rings. The Hall–Kier alpha value is -2.86. The highest BCUT2D eigenvalue weighted by Gasteiger charge is 2.15. The Morgan fingerprint density at radius 2 is 2.04 bits per heavy atom. The van der Waals surface area contributed by atoms with E-state index in [2.05, 4.69) is 24.1 Å². The normalized spacial score (nSPS) is 10.8. The largest absolute Gasteiger partial charge is 0.493 e. The van der Waals surface area contributed by atoms with Crippen molar-refractivity contribution < 1.29 is 14.3 Å². The molecule has 2 aromatic carbocycles. The highest BCUT2D eigenvalue weighted by Crippen LogP contribution is 2.31.